The Bertz CT molecular complexity index is 676. The Balaban J connectivity index is 2.12. The summed E-state index contributed by atoms with van der Waals surface area (Å²) in [4.78, 5) is 17.1. The van der Waals surface area contributed by atoms with Crippen molar-refractivity contribution in [2.24, 2.45) is 0 Å². The molecule has 4 heteroatoms. The van der Waals surface area contributed by atoms with E-state index in [1.807, 2.05) is 13.1 Å². The van der Waals surface area contributed by atoms with Crippen molar-refractivity contribution in [1.82, 2.24) is 14.9 Å². The van der Waals surface area contributed by atoms with Crippen molar-refractivity contribution >= 4 is 0 Å². The molecule has 4 nitrogen and oxygen atoms in total. The standard InChI is InChI=1S/C16H19N3O/c1-17-9-10-19-11-18-15-13-7-3-2-5-12(13)6-4-8-14(15)16(19)20/h2-3,5,7,11,17H,4,6,8-10H2,1H3. The minimum atomic E-state index is 0.113. The van der Waals surface area contributed by atoms with Crippen LogP contribution in [0.1, 0.15) is 17.5 Å². The molecule has 1 aliphatic carbocycles. The molecule has 0 atom stereocenters. The molecule has 0 unspecified atom stereocenters. The summed E-state index contributed by atoms with van der Waals surface area (Å²) in [6.07, 6.45) is 4.52. The van der Waals surface area contributed by atoms with Crippen LogP contribution >= 0.6 is 0 Å². The topological polar surface area (TPSA) is 46.9 Å². The van der Waals surface area contributed by atoms with Gasteiger partial charge in [-0.2, -0.15) is 0 Å². The van der Waals surface area contributed by atoms with Crippen LogP contribution in [0.3, 0.4) is 0 Å². The molecule has 3 rings (SSSR count). The van der Waals surface area contributed by atoms with Gasteiger partial charge in [-0.3, -0.25) is 9.36 Å². The summed E-state index contributed by atoms with van der Waals surface area (Å²) < 4.78 is 1.71. The molecule has 0 aliphatic heterocycles. The van der Waals surface area contributed by atoms with E-state index >= 15 is 0 Å². The number of fused-ring (bicyclic) bond motifs is 3. The van der Waals surface area contributed by atoms with E-state index in [0.29, 0.717) is 6.54 Å². The molecule has 104 valence electrons. The second-order valence-electron chi connectivity index (χ2n) is 5.18. The smallest absolute Gasteiger partial charge is 0.257 e. The van der Waals surface area contributed by atoms with Crippen LogP contribution in [0.15, 0.2) is 35.4 Å². The SMILES string of the molecule is CNCCn1cnc2c(c1=O)CCCc1ccccc1-2. The lowest BCUT2D eigenvalue weighted by Crippen LogP contribution is -2.28. The molecule has 0 saturated heterocycles. The molecule has 1 N–H and O–H groups in total. The van der Waals surface area contributed by atoms with Crippen LogP contribution < -0.4 is 10.9 Å². The van der Waals surface area contributed by atoms with Gasteiger partial charge in [0.15, 0.2) is 0 Å². The third-order valence-electron chi connectivity index (χ3n) is 3.88. The van der Waals surface area contributed by atoms with Crippen molar-refractivity contribution < 1.29 is 0 Å². The number of benzene rings is 1. The fourth-order valence-corrected chi connectivity index (χ4v) is 2.81. The molecule has 2 aromatic rings. The highest BCUT2D eigenvalue weighted by molar-refractivity contribution is 5.67. The lowest BCUT2D eigenvalue weighted by molar-refractivity contribution is 0.609. The van der Waals surface area contributed by atoms with E-state index in [4.69, 9.17) is 0 Å². The summed E-state index contributed by atoms with van der Waals surface area (Å²) in [5.41, 5.74) is 4.28. The van der Waals surface area contributed by atoms with Gasteiger partial charge < -0.3 is 5.32 Å². The minimum absolute atomic E-state index is 0.113. The average Bonchev–Trinajstić information content (AvgIpc) is 2.67. The Hall–Kier alpha value is -1.94. The normalized spacial score (nSPS) is 13.4. The maximum atomic E-state index is 12.6. The summed E-state index contributed by atoms with van der Waals surface area (Å²) in [5, 5.41) is 3.06. The monoisotopic (exact) mass is 269 g/mol. The van der Waals surface area contributed by atoms with E-state index in [-0.39, 0.29) is 5.56 Å². The van der Waals surface area contributed by atoms with E-state index in [0.717, 1.165) is 42.6 Å². The van der Waals surface area contributed by atoms with Crippen LogP contribution in [0.2, 0.25) is 0 Å². The van der Waals surface area contributed by atoms with E-state index in [9.17, 15) is 4.79 Å². The summed E-state index contributed by atoms with van der Waals surface area (Å²) in [5.74, 6) is 0. The predicted octanol–water partition coefficient (Wildman–Crippen LogP) is 1.62. The van der Waals surface area contributed by atoms with Crippen LogP contribution in [-0.2, 0) is 19.4 Å². The first-order valence-electron chi connectivity index (χ1n) is 7.12. The van der Waals surface area contributed by atoms with Crippen molar-refractivity contribution in [3.8, 4) is 11.3 Å². The number of nitrogens with zero attached hydrogens (tertiary/aromatic N) is 2. The molecule has 0 saturated carbocycles. The zero-order chi connectivity index (χ0) is 13.9. The van der Waals surface area contributed by atoms with Crippen LogP contribution in [0.4, 0.5) is 0 Å². The summed E-state index contributed by atoms with van der Waals surface area (Å²) >= 11 is 0. The Labute approximate surface area is 118 Å². The van der Waals surface area contributed by atoms with E-state index < -0.39 is 0 Å². The molecule has 0 amide bonds. The van der Waals surface area contributed by atoms with Crippen molar-refractivity contribution in [3.05, 3.63) is 52.1 Å². The molecule has 20 heavy (non-hydrogen) atoms. The Kier molecular flexibility index (Phi) is 3.65. The first kappa shape index (κ1) is 13.1. The van der Waals surface area contributed by atoms with Crippen LogP contribution in [0.5, 0.6) is 0 Å². The zero-order valence-electron chi connectivity index (χ0n) is 11.7. The summed E-state index contributed by atoms with van der Waals surface area (Å²) in [6.45, 7) is 1.44. The molecule has 1 aliphatic rings. The number of likely N-dealkylation sites (N-methyl/N-ethyl adjacent to an activating group) is 1. The second-order valence-corrected chi connectivity index (χ2v) is 5.18. The van der Waals surface area contributed by atoms with Crippen molar-refractivity contribution in [2.45, 2.75) is 25.8 Å². The Morgan fingerprint density at radius 3 is 3.00 bits per heavy atom. The number of hydrogen-bond donors (Lipinski definition) is 1. The molecule has 1 heterocycles. The van der Waals surface area contributed by atoms with Gasteiger partial charge in [-0.1, -0.05) is 24.3 Å². The van der Waals surface area contributed by atoms with Crippen molar-refractivity contribution in [2.75, 3.05) is 13.6 Å². The first-order valence-corrected chi connectivity index (χ1v) is 7.12. The van der Waals surface area contributed by atoms with Crippen LogP contribution in [0.25, 0.3) is 11.3 Å². The van der Waals surface area contributed by atoms with Crippen LogP contribution in [0, 0.1) is 0 Å². The van der Waals surface area contributed by atoms with Gasteiger partial charge in [-0.25, -0.2) is 4.98 Å². The van der Waals surface area contributed by atoms with Gasteiger partial charge in [0.25, 0.3) is 5.56 Å². The molecule has 0 fully saturated rings. The highest BCUT2D eigenvalue weighted by atomic mass is 16.1. The number of hydrogen-bond acceptors (Lipinski definition) is 3. The molecule has 0 spiro atoms. The minimum Gasteiger partial charge on any atom is -0.318 e. The Morgan fingerprint density at radius 1 is 1.30 bits per heavy atom. The maximum absolute atomic E-state index is 12.6. The molecule has 1 aromatic heterocycles. The highest BCUT2D eigenvalue weighted by Crippen LogP contribution is 2.28. The fraction of sp³-hybridized carbons (Fsp3) is 0.375. The summed E-state index contributed by atoms with van der Waals surface area (Å²) in [6, 6.07) is 8.28. The van der Waals surface area contributed by atoms with Gasteiger partial charge in [0.05, 0.1) is 12.0 Å². The van der Waals surface area contributed by atoms with E-state index in [1.165, 1.54) is 5.56 Å². The van der Waals surface area contributed by atoms with Gasteiger partial charge in [-0.05, 0) is 31.9 Å². The molecule has 0 bridgehead atoms. The largest absolute Gasteiger partial charge is 0.318 e. The van der Waals surface area contributed by atoms with Gasteiger partial charge in [0.1, 0.15) is 0 Å². The number of aromatic nitrogens is 2. The first-order chi connectivity index (χ1) is 9.81. The average molecular weight is 269 g/mol. The third-order valence-corrected chi connectivity index (χ3v) is 3.88. The number of aryl methyl sites for hydroxylation is 1. The molecular formula is C16H19N3O. The van der Waals surface area contributed by atoms with E-state index in [2.05, 4.69) is 28.5 Å². The van der Waals surface area contributed by atoms with Gasteiger partial charge >= 0.3 is 0 Å². The molecule has 1 aromatic carbocycles. The second kappa shape index (κ2) is 5.59. The third kappa shape index (κ3) is 2.27. The van der Waals surface area contributed by atoms with E-state index in [1.54, 1.807) is 10.9 Å². The zero-order valence-corrected chi connectivity index (χ0v) is 11.7. The van der Waals surface area contributed by atoms with Crippen molar-refractivity contribution in [1.29, 1.82) is 0 Å². The Morgan fingerprint density at radius 2 is 2.15 bits per heavy atom. The van der Waals surface area contributed by atoms with Gasteiger partial charge in [0.2, 0.25) is 0 Å². The lowest BCUT2D eigenvalue weighted by atomic mass is 10.0. The molecular weight excluding hydrogens is 250 g/mol. The van der Waals surface area contributed by atoms with Gasteiger partial charge in [-0.15, -0.1) is 0 Å². The maximum Gasteiger partial charge on any atom is 0.257 e. The van der Waals surface area contributed by atoms with Gasteiger partial charge in [0, 0.05) is 24.2 Å². The highest BCUT2D eigenvalue weighted by Gasteiger charge is 2.18. The lowest BCUT2D eigenvalue weighted by Gasteiger charge is -2.11. The predicted molar refractivity (Wildman–Crippen MR) is 79.9 cm³/mol. The fourth-order valence-electron chi connectivity index (χ4n) is 2.81. The summed E-state index contributed by atoms with van der Waals surface area (Å²) in [7, 11) is 1.89. The number of nitrogens with one attached hydrogen (secondary N) is 1. The molecule has 0 radical (unpaired) electrons. The van der Waals surface area contributed by atoms with Crippen LogP contribution in [-0.4, -0.2) is 23.1 Å². The quantitative estimate of drug-likeness (QED) is 0.921. The van der Waals surface area contributed by atoms with Crippen molar-refractivity contribution in [3.63, 3.8) is 0 Å². The number of rotatable bonds is 3.